The molecule has 1 unspecified atom stereocenters. The molecule has 1 fully saturated rings. The quantitative estimate of drug-likeness (QED) is 0.482. The van der Waals surface area contributed by atoms with Crippen LogP contribution in [0.3, 0.4) is 0 Å². The van der Waals surface area contributed by atoms with Crippen molar-refractivity contribution in [2.45, 2.75) is 13.3 Å². The third kappa shape index (κ3) is 2.58. The van der Waals surface area contributed by atoms with E-state index in [9.17, 15) is 19.7 Å². The lowest BCUT2D eigenvalue weighted by atomic mass is 10.1. The third-order valence-electron chi connectivity index (χ3n) is 3.14. The van der Waals surface area contributed by atoms with Gasteiger partial charge in [0.05, 0.1) is 16.5 Å². The first-order valence-electron chi connectivity index (χ1n) is 5.65. The highest BCUT2D eigenvalue weighted by molar-refractivity contribution is 6.64. The van der Waals surface area contributed by atoms with Crippen molar-refractivity contribution < 1.29 is 14.5 Å². The second kappa shape index (κ2) is 4.97. The molecule has 1 aromatic carbocycles. The van der Waals surface area contributed by atoms with E-state index in [-0.39, 0.29) is 24.6 Å². The van der Waals surface area contributed by atoms with Crippen molar-refractivity contribution in [1.29, 1.82) is 0 Å². The monoisotopic (exact) mass is 282 g/mol. The van der Waals surface area contributed by atoms with E-state index in [0.717, 1.165) is 5.56 Å². The summed E-state index contributed by atoms with van der Waals surface area (Å²) >= 11 is 5.40. The van der Waals surface area contributed by atoms with Crippen molar-refractivity contribution >= 4 is 34.1 Å². The van der Waals surface area contributed by atoms with Gasteiger partial charge < -0.3 is 4.90 Å². The number of nitrogens with zero attached hydrogens (tertiary/aromatic N) is 2. The molecule has 0 aliphatic carbocycles. The van der Waals surface area contributed by atoms with Crippen LogP contribution in [0.25, 0.3) is 0 Å². The second-order valence-corrected chi connectivity index (χ2v) is 4.81. The molecule has 0 bridgehead atoms. The number of benzene rings is 1. The fraction of sp³-hybridized carbons (Fsp3) is 0.333. The third-order valence-corrected chi connectivity index (χ3v) is 3.45. The largest absolute Gasteiger partial charge is 0.311 e. The molecule has 0 aromatic heterocycles. The maximum absolute atomic E-state index is 11.9. The predicted molar refractivity (Wildman–Crippen MR) is 69.2 cm³/mol. The fourth-order valence-electron chi connectivity index (χ4n) is 2.09. The summed E-state index contributed by atoms with van der Waals surface area (Å²) in [6, 6.07) is 4.30. The number of halogens is 1. The van der Waals surface area contributed by atoms with Gasteiger partial charge in [-0.2, -0.15) is 0 Å². The molecule has 19 heavy (non-hydrogen) atoms. The Morgan fingerprint density at radius 2 is 2.21 bits per heavy atom. The molecular weight excluding hydrogens is 272 g/mol. The first-order valence-corrected chi connectivity index (χ1v) is 6.02. The molecule has 1 amide bonds. The number of anilines is 1. The summed E-state index contributed by atoms with van der Waals surface area (Å²) in [4.78, 5) is 34.6. The number of nitro groups is 1. The van der Waals surface area contributed by atoms with Crippen molar-refractivity contribution in [3.63, 3.8) is 0 Å². The number of hydrogen-bond acceptors (Lipinski definition) is 4. The summed E-state index contributed by atoms with van der Waals surface area (Å²) in [5.74, 6) is -0.796. The van der Waals surface area contributed by atoms with Gasteiger partial charge in [-0.15, -0.1) is 0 Å². The van der Waals surface area contributed by atoms with Crippen molar-refractivity contribution in [2.24, 2.45) is 5.92 Å². The number of rotatable bonds is 3. The van der Waals surface area contributed by atoms with Gasteiger partial charge in [-0.05, 0) is 24.1 Å². The number of carbonyl (C=O) groups is 2. The minimum Gasteiger partial charge on any atom is -0.311 e. The van der Waals surface area contributed by atoms with Gasteiger partial charge in [0.25, 0.3) is 5.69 Å². The highest BCUT2D eigenvalue weighted by atomic mass is 35.5. The Kier molecular flexibility index (Phi) is 3.53. The molecule has 1 aliphatic rings. The molecular formula is C12H11ClN2O4. The zero-order valence-corrected chi connectivity index (χ0v) is 10.9. The molecule has 1 saturated heterocycles. The van der Waals surface area contributed by atoms with Crippen LogP contribution in [0.1, 0.15) is 12.0 Å². The van der Waals surface area contributed by atoms with Crippen molar-refractivity contribution in [3.05, 3.63) is 33.9 Å². The first kappa shape index (κ1) is 13.5. The number of carbonyl (C=O) groups excluding carboxylic acids is 2. The van der Waals surface area contributed by atoms with Crippen molar-refractivity contribution in [2.75, 3.05) is 11.4 Å². The highest BCUT2D eigenvalue weighted by Crippen LogP contribution is 2.31. The number of aryl methyl sites for hydroxylation is 1. The molecule has 2 rings (SSSR count). The van der Waals surface area contributed by atoms with Gasteiger partial charge in [-0.25, -0.2) is 0 Å². The van der Waals surface area contributed by atoms with E-state index < -0.39 is 16.1 Å². The lowest BCUT2D eigenvalue weighted by Crippen LogP contribution is -2.26. The molecule has 0 N–H and O–H groups in total. The number of non-ortho nitro benzene ring substituents is 1. The van der Waals surface area contributed by atoms with E-state index in [4.69, 9.17) is 11.6 Å². The van der Waals surface area contributed by atoms with Gasteiger partial charge in [-0.1, -0.05) is 6.07 Å². The fourth-order valence-corrected chi connectivity index (χ4v) is 2.24. The van der Waals surface area contributed by atoms with E-state index in [0.29, 0.717) is 5.69 Å². The first-order chi connectivity index (χ1) is 8.90. The van der Waals surface area contributed by atoms with Gasteiger partial charge in [0, 0.05) is 25.1 Å². The smallest absolute Gasteiger partial charge is 0.271 e. The number of hydrogen-bond donors (Lipinski definition) is 0. The average Bonchev–Trinajstić information content (AvgIpc) is 2.72. The normalized spacial score (nSPS) is 18.7. The molecule has 100 valence electrons. The number of amides is 1. The van der Waals surface area contributed by atoms with Crippen LogP contribution in [0, 0.1) is 23.0 Å². The van der Waals surface area contributed by atoms with Crippen molar-refractivity contribution in [1.82, 2.24) is 0 Å². The van der Waals surface area contributed by atoms with Crippen LogP contribution in [0.2, 0.25) is 0 Å². The molecule has 1 aliphatic heterocycles. The summed E-state index contributed by atoms with van der Waals surface area (Å²) in [5.41, 5.74) is 1.11. The summed E-state index contributed by atoms with van der Waals surface area (Å²) in [6.07, 6.45) is 0.0461. The lowest BCUT2D eigenvalue weighted by Gasteiger charge is -2.18. The highest BCUT2D eigenvalue weighted by Gasteiger charge is 2.35. The zero-order valence-electron chi connectivity index (χ0n) is 10.1. The summed E-state index contributed by atoms with van der Waals surface area (Å²) in [7, 11) is 0. The van der Waals surface area contributed by atoms with Crippen LogP contribution in [0.4, 0.5) is 11.4 Å². The Balaban J connectivity index is 2.36. The molecule has 0 spiro atoms. The van der Waals surface area contributed by atoms with E-state index >= 15 is 0 Å². The van der Waals surface area contributed by atoms with Gasteiger partial charge in [0.1, 0.15) is 0 Å². The Bertz CT molecular complexity index is 573. The van der Waals surface area contributed by atoms with E-state index in [1.807, 2.05) is 0 Å². The van der Waals surface area contributed by atoms with Gasteiger partial charge in [0.2, 0.25) is 11.1 Å². The van der Waals surface area contributed by atoms with Gasteiger partial charge in [0.15, 0.2) is 0 Å². The Hall–Kier alpha value is -1.95. The molecule has 0 saturated carbocycles. The second-order valence-electron chi connectivity index (χ2n) is 4.44. The Morgan fingerprint density at radius 1 is 1.53 bits per heavy atom. The molecule has 6 nitrogen and oxygen atoms in total. The molecule has 1 aromatic rings. The topological polar surface area (TPSA) is 80.5 Å². The average molecular weight is 283 g/mol. The molecule has 1 atom stereocenters. The minimum atomic E-state index is -0.557. The summed E-state index contributed by atoms with van der Waals surface area (Å²) < 4.78 is 0. The van der Waals surface area contributed by atoms with Crippen LogP contribution < -0.4 is 4.90 Å². The van der Waals surface area contributed by atoms with Crippen LogP contribution in [-0.2, 0) is 9.59 Å². The standard InChI is InChI=1S/C12H11ClN2O4/c1-7-2-3-9(15(18)19)5-10(7)14-6-8(12(13)17)4-11(14)16/h2-3,5,8H,4,6H2,1H3. The van der Waals surface area contributed by atoms with E-state index in [1.54, 1.807) is 13.0 Å². The zero-order chi connectivity index (χ0) is 14.2. The van der Waals surface area contributed by atoms with Crippen LogP contribution >= 0.6 is 11.6 Å². The Morgan fingerprint density at radius 3 is 2.74 bits per heavy atom. The van der Waals surface area contributed by atoms with Gasteiger partial charge >= 0.3 is 0 Å². The van der Waals surface area contributed by atoms with E-state index in [2.05, 4.69) is 0 Å². The van der Waals surface area contributed by atoms with Crippen LogP contribution in [0.5, 0.6) is 0 Å². The lowest BCUT2D eigenvalue weighted by molar-refractivity contribution is -0.384. The predicted octanol–water partition coefficient (Wildman–Crippen LogP) is 2.02. The molecule has 0 radical (unpaired) electrons. The maximum atomic E-state index is 11.9. The number of nitro benzene ring substituents is 1. The summed E-state index contributed by atoms with van der Waals surface area (Å²) in [6.45, 7) is 1.92. The Labute approximate surface area is 114 Å². The SMILES string of the molecule is Cc1ccc([N+](=O)[O-])cc1N1CC(C(=O)Cl)CC1=O. The van der Waals surface area contributed by atoms with Crippen molar-refractivity contribution in [3.8, 4) is 0 Å². The van der Waals surface area contributed by atoms with Gasteiger partial charge in [-0.3, -0.25) is 19.7 Å². The van der Waals surface area contributed by atoms with Crippen LogP contribution in [-0.4, -0.2) is 22.6 Å². The summed E-state index contributed by atoms with van der Waals surface area (Å²) in [5, 5.41) is 10.2. The van der Waals surface area contributed by atoms with E-state index in [1.165, 1.54) is 17.0 Å². The van der Waals surface area contributed by atoms with Crippen LogP contribution in [0.15, 0.2) is 18.2 Å². The molecule has 7 heteroatoms. The maximum Gasteiger partial charge on any atom is 0.271 e. The molecule has 1 heterocycles. The minimum absolute atomic E-state index is 0.0461.